The molecule has 136 valence electrons. The lowest BCUT2D eigenvalue weighted by Gasteiger charge is -2.19. The molecule has 0 bridgehead atoms. The average molecular weight is 351 g/mol. The van der Waals surface area contributed by atoms with Gasteiger partial charge in [0.15, 0.2) is 0 Å². The van der Waals surface area contributed by atoms with Crippen molar-refractivity contribution in [3.8, 4) is 17.0 Å². The van der Waals surface area contributed by atoms with Crippen molar-refractivity contribution >= 4 is 16.9 Å². The van der Waals surface area contributed by atoms with E-state index in [4.69, 9.17) is 4.74 Å². The first-order chi connectivity index (χ1) is 12.3. The van der Waals surface area contributed by atoms with Crippen LogP contribution < -0.4 is 4.74 Å². The van der Waals surface area contributed by atoms with Gasteiger partial charge in [-0.1, -0.05) is 39.0 Å². The fraction of sp³-hybridized carbons (Fsp3) is 0.318. The van der Waals surface area contributed by atoms with Gasteiger partial charge in [-0.25, -0.2) is 0 Å². The third-order valence-electron chi connectivity index (χ3n) is 4.53. The van der Waals surface area contributed by atoms with E-state index in [0.29, 0.717) is 6.61 Å². The first kappa shape index (κ1) is 18.1. The predicted molar refractivity (Wildman–Crippen MR) is 105 cm³/mol. The minimum atomic E-state index is -0.839. The highest BCUT2D eigenvalue weighted by Gasteiger charge is 2.20. The lowest BCUT2D eigenvalue weighted by atomic mass is 9.86. The molecule has 0 saturated carbocycles. The molecule has 4 nitrogen and oxygen atoms in total. The Hall–Kier alpha value is -2.75. The van der Waals surface area contributed by atoms with Gasteiger partial charge in [0, 0.05) is 16.5 Å². The summed E-state index contributed by atoms with van der Waals surface area (Å²) in [5.41, 5.74) is 4.72. The summed E-state index contributed by atoms with van der Waals surface area (Å²) in [5.74, 6) is -0.0606. The third kappa shape index (κ3) is 3.59. The monoisotopic (exact) mass is 351 g/mol. The Morgan fingerprint density at radius 1 is 1.15 bits per heavy atom. The van der Waals surface area contributed by atoms with Crippen molar-refractivity contribution in [3.05, 3.63) is 53.6 Å². The summed E-state index contributed by atoms with van der Waals surface area (Å²) >= 11 is 0. The normalized spacial score (nSPS) is 11.7. The fourth-order valence-electron chi connectivity index (χ4n) is 3.20. The molecule has 0 amide bonds. The number of nitrogens with one attached hydrogen (secondary N) is 1. The largest absolute Gasteiger partial charge is 0.494 e. The molecule has 2 N–H and O–H groups in total. The van der Waals surface area contributed by atoms with E-state index in [-0.39, 0.29) is 11.8 Å². The number of carbonyl (C=O) groups is 1. The number of rotatable bonds is 5. The first-order valence-corrected chi connectivity index (χ1v) is 8.89. The zero-order chi connectivity index (χ0) is 18.9. The minimum absolute atomic E-state index is 0.000991. The van der Waals surface area contributed by atoms with Crippen molar-refractivity contribution in [1.29, 1.82) is 0 Å². The Balaban J connectivity index is 2.21. The standard InChI is InChI=1S/C22H25NO3/c1-5-26-16-8-6-7-14(11-16)21-18(13-20(24)25)17-12-15(22(2,3)4)9-10-19(17)23-21/h6-12,23H,5,13H2,1-4H3,(H,24,25). The summed E-state index contributed by atoms with van der Waals surface area (Å²) in [6.07, 6.45) is -0.0260. The second-order valence-corrected chi connectivity index (χ2v) is 7.52. The molecule has 1 heterocycles. The minimum Gasteiger partial charge on any atom is -0.494 e. The number of hydrogen-bond donors (Lipinski definition) is 2. The molecule has 0 unspecified atom stereocenters. The molecule has 26 heavy (non-hydrogen) atoms. The number of aliphatic carboxylic acids is 1. The van der Waals surface area contributed by atoms with Gasteiger partial charge >= 0.3 is 5.97 Å². The molecule has 0 aliphatic carbocycles. The topological polar surface area (TPSA) is 62.3 Å². The number of ether oxygens (including phenoxy) is 1. The molecule has 3 aromatic rings. The van der Waals surface area contributed by atoms with Crippen LogP contribution in [0.2, 0.25) is 0 Å². The predicted octanol–water partition coefficient (Wildman–Crippen LogP) is 5.16. The molecule has 0 saturated heterocycles. The number of aromatic nitrogens is 1. The van der Waals surface area contributed by atoms with Gasteiger partial charge < -0.3 is 14.8 Å². The van der Waals surface area contributed by atoms with Gasteiger partial charge in [-0.3, -0.25) is 4.79 Å². The van der Waals surface area contributed by atoms with Gasteiger partial charge in [0.1, 0.15) is 5.75 Å². The van der Waals surface area contributed by atoms with Gasteiger partial charge in [0.05, 0.1) is 18.7 Å². The highest BCUT2D eigenvalue weighted by Crippen LogP contribution is 2.35. The van der Waals surface area contributed by atoms with Crippen molar-refractivity contribution in [1.82, 2.24) is 4.98 Å². The molecule has 4 heteroatoms. The third-order valence-corrected chi connectivity index (χ3v) is 4.53. The second-order valence-electron chi connectivity index (χ2n) is 7.52. The number of H-pyrrole nitrogens is 1. The maximum Gasteiger partial charge on any atom is 0.307 e. The number of aromatic amines is 1. The molecule has 1 aromatic heterocycles. The average Bonchev–Trinajstić information content (AvgIpc) is 2.92. The molecule has 0 radical (unpaired) electrons. The zero-order valence-electron chi connectivity index (χ0n) is 15.7. The van der Waals surface area contributed by atoms with Crippen LogP contribution in [0.15, 0.2) is 42.5 Å². The lowest BCUT2D eigenvalue weighted by molar-refractivity contribution is -0.136. The molecule has 0 fully saturated rings. The number of hydrogen-bond acceptors (Lipinski definition) is 2. The van der Waals surface area contributed by atoms with Crippen LogP contribution in [0, 0.1) is 0 Å². The Morgan fingerprint density at radius 2 is 1.92 bits per heavy atom. The van der Waals surface area contributed by atoms with Crippen LogP contribution in [0.25, 0.3) is 22.2 Å². The van der Waals surface area contributed by atoms with Gasteiger partial charge in [-0.15, -0.1) is 0 Å². The zero-order valence-corrected chi connectivity index (χ0v) is 15.7. The summed E-state index contributed by atoms with van der Waals surface area (Å²) in [5, 5.41) is 10.4. The van der Waals surface area contributed by atoms with Gasteiger partial charge in [-0.2, -0.15) is 0 Å². The summed E-state index contributed by atoms with van der Waals surface area (Å²) in [6, 6.07) is 14.0. The van der Waals surface area contributed by atoms with Crippen LogP contribution in [0.3, 0.4) is 0 Å². The second kappa shape index (κ2) is 6.87. The molecule has 0 aliphatic rings. The number of fused-ring (bicyclic) bond motifs is 1. The van der Waals surface area contributed by atoms with Crippen LogP contribution in [-0.4, -0.2) is 22.7 Å². The SMILES string of the molecule is CCOc1cccc(-c2[nH]c3ccc(C(C)(C)C)cc3c2CC(=O)O)c1. The summed E-state index contributed by atoms with van der Waals surface area (Å²) in [6.45, 7) is 9.01. The van der Waals surface area contributed by atoms with Crippen LogP contribution >= 0.6 is 0 Å². The smallest absolute Gasteiger partial charge is 0.307 e. The van der Waals surface area contributed by atoms with E-state index in [2.05, 4.69) is 37.9 Å². The van der Waals surface area contributed by atoms with Crippen molar-refractivity contribution in [2.75, 3.05) is 6.61 Å². The molecule has 0 aliphatic heterocycles. The Kier molecular flexibility index (Phi) is 4.77. The maximum absolute atomic E-state index is 11.5. The summed E-state index contributed by atoms with van der Waals surface area (Å²) in [4.78, 5) is 14.9. The van der Waals surface area contributed by atoms with Gasteiger partial charge in [0.2, 0.25) is 0 Å². The van der Waals surface area contributed by atoms with Crippen LogP contribution in [-0.2, 0) is 16.6 Å². The molecular weight excluding hydrogens is 326 g/mol. The van der Waals surface area contributed by atoms with Crippen LogP contribution in [0.5, 0.6) is 5.75 Å². The van der Waals surface area contributed by atoms with Gasteiger partial charge in [0.25, 0.3) is 0 Å². The van der Waals surface area contributed by atoms with Crippen LogP contribution in [0.1, 0.15) is 38.8 Å². The lowest BCUT2D eigenvalue weighted by Crippen LogP contribution is -2.10. The summed E-state index contributed by atoms with van der Waals surface area (Å²) in [7, 11) is 0. The highest BCUT2D eigenvalue weighted by atomic mass is 16.5. The van der Waals surface area contributed by atoms with E-state index in [9.17, 15) is 9.90 Å². The fourth-order valence-corrected chi connectivity index (χ4v) is 3.20. The Bertz CT molecular complexity index is 948. The molecule has 0 spiro atoms. The van der Waals surface area contributed by atoms with E-state index in [1.165, 1.54) is 5.56 Å². The summed E-state index contributed by atoms with van der Waals surface area (Å²) < 4.78 is 5.60. The van der Waals surface area contributed by atoms with E-state index >= 15 is 0 Å². The van der Waals surface area contributed by atoms with E-state index in [1.54, 1.807) is 0 Å². The number of carboxylic acids is 1. The molecule has 2 aromatic carbocycles. The van der Waals surface area contributed by atoms with E-state index in [1.807, 2.05) is 37.3 Å². The van der Waals surface area contributed by atoms with E-state index in [0.717, 1.165) is 33.5 Å². The van der Waals surface area contributed by atoms with Gasteiger partial charge in [-0.05, 0) is 47.7 Å². The van der Waals surface area contributed by atoms with E-state index < -0.39 is 5.97 Å². The van der Waals surface area contributed by atoms with Crippen molar-refractivity contribution in [2.45, 2.75) is 39.5 Å². The number of benzene rings is 2. The maximum atomic E-state index is 11.5. The van der Waals surface area contributed by atoms with Crippen LogP contribution in [0.4, 0.5) is 0 Å². The molecular formula is C22H25NO3. The Morgan fingerprint density at radius 3 is 2.58 bits per heavy atom. The first-order valence-electron chi connectivity index (χ1n) is 8.89. The quantitative estimate of drug-likeness (QED) is 0.667. The van der Waals surface area contributed by atoms with Crippen molar-refractivity contribution < 1.29 is 14.6 Å². The highest BCUT2D eigenvalue weighted by molar-refractivity contribution is 5.94. The molecule has 3 rings (SSSR count). The van der Waals surface area contributed by atoms with Crippen molar-refractivity contribution in [3.63, 3.8) is 0 Å². The van der Waals surface area contributed by atoms with Crippen molar-refractivity contribution in [2.24, 2.45) is 0 Å². The molecule has 0 atom stereocenters. The number of carboxylic acid groups (broad SMARTS) is 1. The Labute approximate surface area is 153 Å².